The Bertz CT molecular complexity index is 540. The average Bonchev–Trinajstić information content (AvgIpc) is 2.41. The van der Waals surface area contributed by atoms with Gasteiger partial charge in [0.25, 0.3) is 0 Å². The molecule has 0 aliphatic carbocycles. The van der Waals surface area contributed by atoms with E-state index in [1.165, 1.54) is 0 Å². The van der Waals surface area contributed by atoms with E-state index in [2.05, 4.69) is 10.3 Å². The first kappa shape index (κ1) is 12.3. The highest BCUT2D eigenvalue weighted by Gasteiger charge is 2.16. The summed E-state index contributed by atoms with van der Waals surface area (Å²) in [5.74, 6) is -0.239. The van der Waals surface area contributed by atoms with Crippen LogP contribution in [0.5, 0.6) is 0 Å². The molecule has 3 N–H and O–H groups in total. The summed E-state index contributed by atoms with van der Waals surface area (Å²) in [5, 5.41) is 2.78. The van der Waals surface area contributed by atoms with Crippen molar-refractivity contribution < 1.29 is 4.79 Å². The summed E-state index contributed by atoms with van der Waals surface area (Å²) in [6, 6.07) is 10.4. The Morgan fingerprint density at radius 2 is 2.00 bits per heavy atom. The fourth-order valence-corrected chi connectivity index (χ4v) is 1.62. The van der Waals surface area contributed by atoms with Crippen molar-refractivity contribution in [3.8, 4) is 0 Å². The zero-order chi connectivity index (χ0) is 13.0. The van der Waals surface area contributed by atoms with Crippen LogP contribution in [0.25, 0.3) is 0 Å². The van der Waals surface area contributed by atoms with Gasteiger partial charge in [-0.25, -0.2) is 0 Å². The van der Waals surface area contributed by atoms with E-state index in [0.29, 0.717) is 5.69 Å². The summed E-state index contributed by atoms with van der Waals surface area (Å²) >= 11 is 0. The SMILES string of the molecule is Cc1ccncc1NC(=O)[C@H](N)c1ccccc1. The molecule has 0 bridgehead atoms. The van der Waals surface area contributed by atoms with Crippen LogP contribution in [0.1, 0.15) is 17.2 Å². The molecule has 4 heteroatoms. The second kappa shape index (κ2) is 5.42. The minimum Gasteiger partial charge on any atom is -0.323 e. The van der Waals surface area contributed by atoms with Crippen LogP contribution < -0.4 is 11.1 Å². The second-order valence-electron chi connectivity index (χ2n) is 4.07. The van der Waals surface area contributed by atoms with Crippen molar-refractivity contribution in [3.05, 3.63) is 59.9 Å². The van der Waals surface area contributed by atoms with Gasteiger partial charge in [-0.05, 0) is 24.1 Å². The number of anilines is 1. The Morgan fingerprint density at radius 3 is 2.67 bits per heavy atom. The topological polar surface area (TPSA) is 68.0 Å². The third-order valence-electron chi connectivity index (χ3n) is 2.74. The Hall–Kier alpha value is -2.20. The number of nitrogens with zero attached hydrogens (tertiary/aromatic N) is 1. The summed E-state index contributed by atoms with van der Waals surface area (Å²) in [6.07, 6.45) is 3.30. The van der Waals surface area contributed by atoms with Crippen molar-refractivity contribution in [1.82, 2.24) is 4.98 Å². The molecule has 4 nitrogen and oxygen atoms in total. The van der Waals surface area contributed by atoms with Crippen molar-refractivity contribution >= 4 is 11.6 Å². The number of rotatable bonds is 3. The van der Waals surface area contributed by atoms with Crippen LogP contribution in [0, 0.1) is 6.92 Å². The number of benzene rings is 1. The lowest BCUT2D eigenvalue weighted by molar-refractivity contribution is -0.117. The number of hydrogen-bond acceptors (Lipinski definition) is 3. The fraction of sp³-hybridized carbons (Fsp3) is 0.143. The molecule has 1 aromatic carbocycles. The second-order valence-corrected chi connectivity index (χ2v) is 4.07. The predicted molar refractivity (Wildman–Crippen MR) is 71.0 cm³/mol. The molecule has 0 unspecified atom stereocenters. The lowest BCUT2D eigenvalue weighted by Gasteiger charge is -2.13. The van der Waals surface area contributed by atoms with Crippen LogP contribution in [-0.2, 0) is 4.79 Å². The van der Waals surface area contributed by atoms with E-state index in [4.69, 9.17) is 5.73 Å². The molecule has 18 heavy (non-hydrogen) atoms. The zero-order valence-electron chi connectivity index (χ0n) is 10.1. The maximum absolute atomic E-state index is 12.0. The number of hydrogen-bond donors (Lipinski definition) is 2. The van der Waals surface area contributed by atoms with Gasteiger partial charge in [-0.2, -0.15) is 0 Å². The van der Waals surface area contributed by atoms with Crippen LogP contribution in [-0.4, -0.2) is 10.9 Å². The van der Waals surface area contributed by atoms with Crippen molar-refractivity contribution in [3.63, 3.8) is 0 Å². The molecule has 0 fully saturated rings. The standard InChI is InChI=1S/C14H15N3O/c1-10-7-8-16-9-12(10)17-14(18)13(15)11-5-3-2-4-6-11/h2-9,13H,15H2,1H3,(H,17,18)/t13-/m1/s1. The van der Waals surface area contributed by atoms with Gasteiger partial charge in [0, 0.05) is 6.20 Å². The largest absolute Gasteiger partial charge is 0.323 e. The van der Waals surface area contributed by atoms with Crippen molar-refractivity contribution in [2.75, 3.05) is 5.32 Å². The third-order valence-corrected chi connectivity index (χ3v) is 2.74. The number of aromatic nitrogens is 1. The van der Waals surface area contributed by atoms with Crippen molar-refractivity contribution in [1.29, 1.82) is 0 Å². The maximum atomic E-state index is 12.0. The fourth-order valence-electron chi connectivity index (χ4n) is 1.62. The number of pyridine rings is 1. The minimum absolute atomic E-state index is 0.239. The van der Waals surface area contributed by atoms with E-state index in [0.717, 1.165) is 11.1 Å². The number of aryl methyl sites for hydroxylation is 1. The van der Waals surface area contributed by atoms with Gasteiger partial charge in [0.15, 0.2) is 0 Å². The maximum Gasteiger partial charge on any atom is 0.245 e. The Labute approximate surface area is 106 Å². The summed E-state index contributed by atoms with van der Waals surface area (Å²) in [4.78, 5) is 16.0. The van der Waals surface area contributed by atoms with Crippen LogP contribution in [0.3, 0.4) is 0 Å². The molecule has 0 saturated heterocycles. The molecule has 1 amide bonds. The molecule has 1 heterocycles. The van der Waals surface area contributed by atoms with Gasteiger partial charge in [-0.3, -0.25) is 9.78 Å². The quantitative estimate of drug-likeness (QED) is 0.864. The van der Waals surface area contributed by atoms with E-state index in [-0.39, 0.29) is 5.91 Å². The van der Waals surface area contributed by atoms with Gasteiger partial charge in [-0.15, -0.1) is 0 Å². The number of amides is 1. The first-order valence-electron chi connectivity index (χ1n) is 5.70. The third kappa shape index (κ3) is 2.73. The molecule has 92 valence electrons. The van der Waals surface area contributed by atoms with E-state index in [9.17, 15) is 4.79 Å². The minimum atomic E-state index is -0.675. The monoisotopic (exact) mass is 241 g/mol. The summed E-state index contributed by atoms with van der Waals surface area (Å²) < 4.78 is 0. The van der Waals surface area contributed by atoms with E-state index < -0.39 is 6.04 Å². The molecule has 1 aromatic heterocycles. The highest BCUT2D eigenvalue weighted by molar-refractivity contribution is 5.95. The molecule has 0 spiro atoms. The molecule has 2 aromatic rings. The van der Waals surface area contributed by atoms with Crippen molar-refractivity contribution in [2.24, 2.45) is 5.73 Å². The summed E-state index contributed by atoms with van der Waals surface area (Å²) in [5.41, 5.74) is 8.34. The molecule has 2 rings (SSSR count). The number of carbonyl (C=O) groups excluding carboxylic acids is 1. The molecule has 0 radical (unpaired) electrons. The van der Waals surface area contributed by atoms with Gasteiger partial charge < -0.3 is 11.1 Å². The first-order valence-corrected chi connectivity index (χ1v) is 5.70. The zero-order valence-corrected chi connectivity index (χ0v) is 10.1. The Balaban J connectivity index is 2.12. The van der Waals surface area contributed by atoms with Crippen LogP contribution in [0.2, 0.25) is 0 Å². The highest BCUT2D eigenvalue weighted by atomic mass is 16.2. The van der Waals surface area contributed by atoms with Gasteiger partial charge >= 0.3 is 0 Å². The molecule has 0 saturated carbocycles. The van der Waals surface area contributed by atoms with Gasteiger partial charge in [0.2, 0.25) is 5.91 Å². The van der Waals surface area contributed by atoms with Crippen LogP contribution in [0.4, 0.5) is 5.69 Å². The van der Waals surface area contributed by atoms with Gasteiger partial charge in [0.05, 0.1) is 11.9 Å². The molecular formula is C14H15N3O. The van der Waals surface area contributed by atoms with Gasteiger partial charge in [-0.1, -0.05) is 30.3 Å². The van der Waals surface area contributed by atoms with E-state index >= 15 is 0 Å². The number of nitrogens with one attached hydrogen (secondary N) is 1. The first-order chi connectivity index (χ1) is 8.68. The molecule has 0 aliphatic rings. The molecule has 0 aliphatic heterocycles. The van der Waals surface area contributed by atoms with Crippen LogP contribution >= 0.6 is 0 Å². The lowest BCUT2D eigenvalue weighted by atomic mass is 10.1. The summed E-state index contributed by atoms with van der Waals surface area (Å²) in [6.45, 7) is 1.91. The van der Waals surface area contributed by atoms with Gasteiger partial charge in [0.1, 0.15) is 6.04 Å². The number of nitrogens with two attached hydrogens (primary N) is 1. The lowest BCUT2D eigenvalue weighted by Crippen LogP contribution is -2.28. The van der Waals surface area contributed by atoms with E-state index in [1.807, 2.05) is 43.3 Å². The highest BCUT2D eigenvalue weighted by Crippen LogP contribution is 2.15. The van der Waals surface area contributed by atoms with Crippen LogP contribution in [0.15, 0.2) is 48.8 Å². The average molecular weight is 241 g/mol. The van der Waals surface area contributed by atoms with E-state index in [1.54, 1.807) is 12.4 Å². The normalized spacial score (nSPS) is 11.9. The van der Waals surface area contributed by atoms with Crippen molar-refractivity contribution in [2.45, 2.75) is 13.0 Å². The Morgan fingerprint density at radius 1 is 1.28 bits per heavy atom. The smallest absolute Gasteiger partial charge is 0.245 e. The number of carbonyl (C=O) groups is 1. The molecular weight excluding hydrogens is 226 g/mol. The summed E-state index contributed by atoms with van der Waals surface area (Å²) in [7, 11) is 0. The Kier molecular flexibility index (Phi) is 3.69. The predicted octanol–water partition coefficient (Wildman–Crippen LogP) is 2.03. The molecule has 1 atom stereocenters.